The van der Waals surface area contributed by atoms with Gasteiger partial charge in [0.1, 0.15) is 11.9 Å². The Kier molecular flexibility index (Phi) is 3.77. The van der Waals surface area contributed by atoms with Crippen LogP contribution < -0.4 is 4.74 Å². The lowest BCUT2D eigenvalue weighted by molar-refractivity contribution is -0.150. The lowest BCUT2D eigenvalue weighted by Gasteiger charge is -2.26. The first-order valence-electron chi connectivity index (χ1n) is 5.64. The maximum absolute atomic E-state index is 11.2. The highest BCUT2D eigenvalue weighted by atomic mass is 32.2. The van der Waals surface area contributed by atoms with Gasteiger partial charge in [-0.25, -0.2) is 13.2 Å². The average molecular weight is 286 g/mol. The third kappa shape index (κ3) is 3.24. The Balaban J connectivity index is 2.05. The second kappa shape index (κ2) is 5.18. The van der Waals surface area contributed by atoms with Crippen molar-refractivity contribution in [3.05, 3.63) is 29.8 Å². The van der Waals surface area contributed by atoms with Crippen molar-refractivity contribution in [1.82, 2.24) is 0 Å². The van der Waals surface area contributed by atoms with E-state index in [1.807, 2.05) is 0 Å². The fourth-order valence-electron chi connectivity index (χ4n) is 1.78. The molecular formula is C12H14O6S. The number of esters is 1. The SMILES string of the molecule is COC(=O)C(O)c1cccc(OC2CS(=O)(=O)C2)c1. The van der Waals surface area contributed by atoms with Crippen molar-refractivity contribution in [2.75, 3.05) is 18.6 Å². The third-order valence-corrected chi connectivity index (χ3v) is 4.54. The molecule has 1 aliphatic heterocycles. The highest BCUT2D eigenvalue weighted by Gasteiger charge is 2.35. The van der Waals surface area contributed by atoms with Crippen LogP contribution in [0.15, 0.2) is 24.3 Å². The van der Waals surface area contributed by atoms with Crippen LogP contribution in [0.5, 0.6) is 5.75 Å². The van der Waals surface area contributed by atoms with Gasteiger partial charge in [0.05, 0.1) is 18.6 Å². The van der Waals surface area contributed by atoms with Gasteiger partial charge in [-0.3, -0.25) is 0 Å². The number of carbonyl (C=O) groups excluding carboxylic acids is 1. The minimum Gasteiger partial charge on any atom is -0.488 e. The molecule has 1 heterocycles. The minimum absolute atomic E-state index is 0.00319. The van der Waals surface area contributed by atoms with Crippen LogP contribution in [0.2, 0.25) is 0 Å². The molecule has 104 valence electrons. The Labute approximate surface area is 110 Å². The zero-order valence-electron chi connectivity index (χ0n) is 10.3. The van der Waals surface area contributed by atoms with Gasteiger partial charge in [0, 0.05) is 0 Å². The average Bonchev–Trinajstić information content (AvgIpc) is 2.35. The summed E-state index contributed by atoms with van der Waals surface area (Å²) < 4.78 is 31.9. The van der Waals surface area contributed by atoms with E-state index >= 15 is 0 Å². The topological polar surface area (TPSA) is 89.9 Å². The molecule has 1 saturated heterocycles. The normalized spacial score (nSPS) is 19.3. The van der Waals surface area contributed by atoms with Crippen LogP contribution in [0.3, 0.4) is 0 Å². The number of aliphatic hydroxyl groups is 1. The molecular weight excluding hydrogens is 272 g/mol. The van der Waals surface area contributed by atoms with E-state index in [1.165, 1.54) is 13.2 Å². The molecule has 6 nitrogen and oxygen atoms in total. The third-order valence-electron chi connectivity index (χ3n) is 2.78. The first-order valence-corrected chi connectivity index (χ1v) is 7.46. The zero-order chi connectivity index (χ0) is 14.0. The number of benzene rings is 1. The molecule has 1 unspecified atom stereocenters. The summed E-state index contributed by atoms with van der Waals surface area (Å²) in [6.45, 7) is 0. The first-order chi connectivity index (χ1) is 8.91. The molecule has 0 aliphatic carbocycles. The summed E-state index contributed by atoms with van der Waals surface area (Å²) in [5.74, 6) is -0.350. The van der Waals surface area contributed by atoms with E-state index in [0.29, 0.717) is 11.3 Å². The fourth-order valence-corrected chi connectivity index (χ4v) is 2.96. The number of sulfone groups is 1. The van der Waals surface area contributed by atoms with Gasteiger partial charge in [0.2, 0.25) is 0 Å². The van der Waals surface area contributed by atoms with Gasteiger partial charge in [-0.05, 0) is 17.7 Å². The first kappa shape index (κ1) is 13.8. The molecule has 0 aromatic heterocycles. The molecule has 1 atom stereocenters. The van der Waals surface area contributed by atoms with Crippen LogP contribution in [-0.4, -0.2) is 44.2 Å². The van der Waals surface area contributed by atoms with Gasteiger partial charge in [-0.2, -0.15) is 0 Å². The van der Waals surface area contributed by atoms with Gasteiger partial charge >= 0.3 is 5.97 Å². The van der Waals surface area contributed by atoms with Crippen molar-refractivity contribution >= 4 is 15.8 Å². The second-order valence-electron chi connectivity index (χ2n) is 4.31. The summed E-state index contributed by atoms with van der Waals surface area (Å²) >= 11 is 0. The molecule has 1 N–H and O–H groups in total. The molecule has 2 rings (SSSR count). The van der Waals surface area contributed by atoms with E-state index in [-0.39, 0.29) is 17.6 Å². The summed E-state index contributed by atoms with van der Waals surface area (Å²) in [4.78, 5) is 11.2. The number of rotatable bonds is 4. The van der Waals surface area contributed by atoms with Crippen LogP contribution in [-0.2, 0) is 19.4 Å². The Morgan fingerprint density at radius 1 is 1.42 bits per heavy atom. The lowest BCUT2D eigenvalue weighted by Crippen LogP contribution is -2.45. The number of hydrogen-bond donors (Lipinski definition) is 1. The maximum atomic E-state index is 11.2. The van der Waals surface area contributed by atoms with Crippen LogP contribution in [0, 0.1) is 0 Å². The highest BCUT2D eigenvalue weighted by molar-refractivity contribution is 7.92. The summed E-state index contributed by atoms with van der Waals surface area (Å²) in [6.07, 6.45) is -1.74. The number of carbonyl (C=O) groups is 1. The lowest BCUT2D eigenvalue weighted by atomic mass is 10.1. The quantitative estimate of drug-likeness (QED) is 0.788. The van der Waals surface area contributed by atoms with Crippen molar-refractivity contribution < 1.29 is 27.8 Å². The summed E-state index contributed by atoms with van der Waals surface area (Å²) in [6, 6.07) is 6.31. The minimum atomic E-state index is -2.94. The molecule has 19 heavy (non-hydrogen) atoms. The highest BCUT2D eigenvalue weighted by Crippen LogP contribution is 2.23. The fraction of sp³-hybridized carbons (Fsp3) is 0.417. The van der Waals surface area contributed by atoms with Gasteiger partial charge in [0.25, 0.3) is 0 Å². The number of methoxy groups -OCH3 is 1. The number of aliphatic hydroxyl groups excluding tert-OH is 1. The standard InChI is InChI=1S/C12H14O6S/c1-17-12(14)11(13)8-3-2-4-9(5-8)18-10-6-19(15,16)7-10/h2-5,10-11,13H,6-7H2,1H3. The molecule has 0 spiro atoms. The Hall–Kier alpha value is -1.60. The van der Waals surface area contributed by atoms with E-state index < -0.39 is 21.9 Å². The van der Waals surface area contributed by atoms with Crippen LogP contribution in [0.1, 0.15) is 11.7 Å². The molecule has 0 amide bonds. The van der Waals surface area contributed by atoms with Crippen molar-refractivity contribution in [1.29, 1.82) is 0 Å². The summed E-state index contributed by atoms with van der Waals surface area (Å²) in [5, 5.41) is 9.68. The molecule has 0 saturated carbocycles. The maximum Gasteiger partial charge on any atom is 0.339 e. The van der Waals surface area contributed by atoms with Gasteiger partial charge in [0.15, 0.2) is 15.9 Å². The predicted octanol–water partition coefficient (Wildman–Crippen LogP) is 0.0688. The zero-order valence-corrected chi connectivity index (χ0v) is 11.1. The van der Waals surface area contributed by atoms with Crippen molar-refractivity contribution in [3.63, 3.8) is 0 Å². The van der Waals surface area contributed by atoms with Crippen molar-refractivity contribution in [2.24, 2.45) is 0 Å². The van der Waals surface area contributed by atoms with E-state index in [4.69, 9.17) is 4.74 Å². The number of ether oxygens (including phenoxy) is 2. The van der Waals surface area contributed by atoms with Gasteiger partial charge in [-0.15, -0.1) is 0 Å². The monoisotopic (exact) mass is 286 g/mol. The largest absolute Gasteiger partial charge is 0.488 e. The summed E-state index contributed by atoms with van der Waals surface area (Å²) in [5.41, 5.74) is 0.339. The van der Waals surface area contributed by atoms with E-state index in [2.05, 4.69) is 4.74 Å². The molecule has 1 aromatic carbocycles. The summed E-state index contributed by atoms with van der Waals surface area (Å²) in [7, 11) is -1.76. The van der Waals surface area contributed by atoms with E-state index in [0.717, 1.165) is 0 Å². The van der Waals surface area contributed by atoms with Gasteiger partial charge in [-0.1, -0.05) is 12.1 Å². The van der Waals surface area contributed by atoms with Crippen LogP contribution >= 0.6 is 0 Å². The smallest absolute Gasteiger partial charge is 0.339 e. The Morgan fingerprint density at radius 2 is 2.11 bits per heavy atom. The Morgan fingerprint density at radius 3 is 2.68 bits per heavy atom. The molecule has 0 bridgehead atoms. The molecule has 1 aliphatic rings. The predicted molar refractivity (Wildman–Crippen MR) is 66.5 cm³/mol. The van der Waals surface area contributed by atoms with Gasteiger partial charge < -0.3 is 14.6 Å². The second-order valence-corrected chi connectivity index (χ2v) is 6.47. The molecule has 1 fully saturated rings. The van der Waals surface area contributed by atoms with Crippen molar-refractivity contribution in [3.8, 4) is 5.75 Å². The van der Waals surface area contributed by atoms with E-state index in [1.54, 1.807) is 18.2 Å². The molecule has 7 heteroatoms. The van der Waals surface area contributed by atoms with Crippen LogP contribution in [0.4, 0.5) is 0 Å². The van der Waals surface area contributed by atoms with Crippen molar-refractivity contribution in [2.45, 2.75) is 12.2 Å². The molecule has 0 radical (unpaired) electrons. The molecule has 1 aromatic rings. The Bertz CT molecular complexity index is 568. The van der Waals surface area contributed by atoms with E-state index in [9.17, 15) is 18.3 Å². The van der Waals surface area contributed by atoms with Crippen LogP contribution in [0.25, 0.3) is 0 Å². The number of hydrogen-bond acceptors (Lipinski definition) is 6.